The molecule has 0 aliphatic rings. The van der Waals surface area contributed by atoms with Crippen molar-refractivity contribution in [3.05, 3.63) is 36.5 Å². The Morgan fingerprint density at radius 2 is 0.591 bits per heavy atom. The molecule has 1 atom stereocenters. The smallest absolute Gasteiger partial charge is 0.306 e. The summed E-state index contributed by atoms with van der Waals surface area (Å²) in [5, 5.41) is 0. The van der Waals surface area contributed by atoms with E-state index >= 15 is 0 Å². The van der Waals surface area contributed by atoms with Gasteiger partial charge in [0.1, 0.15) is 13.2 Å². The van der Waals surface area contributed by atoms with Gasteiger partial charge in [0.25, 0.3) is 0 Å². The third-order valence-corrected chi connectivity index (χ3v) is 12.9. The summed E-state index contributed by atoms with van der Waals surface area (Å²) in [6, 6.07) is 0. The van der Waals surface area contributed by atoms with Crippen molar-refractivity contribution in [3.63, 3.8) is 0 Å². The first-order chi connectivity index (χ1) is 32.5. The molecule has 0 amide bonds. The van der Waals surface area contributed by atoms with E-state index in [4.69, 9.17) is 14.2 Å². The second-order valence-electron chi connectivity index (χ2n) is 19.5. The number of unbranched alkanes of at least 4 members (excludes halogenated alkanes) is 36. The summed E-state index contributed by atoms with van der Waals surface area (Å²) in [5.41, 5.74) is 0. The minimum atomic E-state index is -0.775. The second kappa shape index (κ2) is 55.2. The summed E-state index contributed by atoms with van der Waals surface area (Å²) in [7, 11) is 0. The van der Waals surface area contributed by atoms with Gasteiger partial charge in [-0.2, -0.15) is 0 Å². The Balaban J connectivity index is 4.34. The summed E-state index contributed by atoms with van der Waals surface area (Å²) >= 11 is 0. The van der Waals surface area contributed by atoms with Gasteiger partial charge >= 0.3 is 17.9 Å². The van der Waals surface area contributed by atoms with Crippen LogP contribution in [0.4, 0.5) is 0 Å². The minimum Gasteiger partial charge on any atom is -0.462 e. The highest BCUT2D eigenvalue weighted by Crippen LogP contribution is 2.17. The van der Waals surface area contributed by atoms with E-state index in [1.54, 1.807) is 0 Å². The maximum atomic E-state index is 12.9. The number of hydrogen-bond acceptors (Lipinski definition) is 6. The van der Waals surface area contributed by atoms with E-state index in [1.807, 2.05) is 0 Å². The van der Waals surface area contributed by atoms with Gasteiger partial charge in [0.15, 0.2) is 6.10 Å². The predicted molar refractivity (Wildman–Crippen MR) is 284 cm³/mol. The van der Waals surface area contributed by atoms with Crippen LogP contribution >= 0.6 is 0 Å². The molecule has 1 unspecified atom stereocenters. The molecule has 6 heteroatoms. The molecule has 0 bridgehead atoms. The maximum absolute atomic E-state index is 12.9. The molecule has 0 aromatic carbocycles. The lowest BCUT2D eigenvalue weighted by Crippen LogP contribution is -2.30. The topological polar surface area (TPSA) is 78.9 Å². The van der Waals surface area contributed by atoms with E-state index in [2.05, 4.69) is 57.2 Å². The van der Waals surface area contributed by atoms with E-state index in [0.29, 0.717) is 19.3 Å². The number of esters is 3. The van der Waals surface area contributed by atoms with Crippen molar-refractivity contribution < 1.29 is 28.6 Å². The standard InChI is InChI=1S/C60H110O6/c1-4-7-10-13-16-19-22-25-28-30-31-33-35-38-41-44-47-50-53-59(62)65-56-57(55-64-58(61)52-49-46-43-40-37-34-27-24-21-18-15-12-9-6-3)66-60(63)54-51-48-45-42-39-36-32-29-26-23-20-17-14-11-8-5-2/h9,12,18,21,31,33,57H,4-8,10-11,13-17,19-20,22-30,32,34-56H2,1-3H3/b12-9-,21-18-,33-31-. The molecule has 0 saturated carbocycles. The first-order valence-corrected chi connectivity index (χ1v) is 29.0. The van der Waals surface area contributed by atoms with Gasteiger partial charge in [-0.05, 0) is 70.6 Å². The summed E-state index contributed by atoms with van der Waals surface area (Å²) in [4.78, 5) is 38.1. The molecular formula is C60H110O6. The van der Waals surface area contributed by atoms with Crippen molar-refractivity contribution >= 4 is 17.9 Å². The monoisotopic (exact) mass is 927 g/mol. The second-order valence-corrected chi connectivity index (χ2v) is 19.5. The van der Waals surface area contributed by atoms with Crippen LogP contribution in [0.15, 0.2) is 36.5 Å². The fraction of sp³-hybridized carbons (Fsp3) is 0.850. The van der Waals surface area contributed by atoms with Crippen LogP contribution in [-0.2, 0) is 28.6 Å². The Morgan fingerprint density at radius 3 is 0.924 bits per heavy atom. The third kappa shape index (κ3) is 52.6. The van der Waals surface area contributed by atoms with E-state index in [9.17, 15) is 14.4 Å². The van der Waals surface area contributed by atoms with Crippen molar-refractivity contribution in [2.75, 3.05) is 13.2 Å². The lowest BCUT2D eigenvalue weighted by molar-refractivity contribution is -0.167. The zero-order valence-corrected chi connectivity index (χ0v) is 44.2. The first kappa shape index (κ1) is 63.6. The fourth-order valence-corrected chi connectivity index (χ4v) is 8.54. The van der Waals surface area contributed by atoms with Gasteiger partial charge in [0, 0.05) is 19.3 Å². The van der Waals surface area contributed by atoms with Gasteiger partial charge in [-0.15, -0.1) is 0 Å². The van der Waals surface area contributed by atoms with Gasteiger partial charge in [-0.1, -0.05) is 256 Å². The Labute approximate surface area is 410 Å². The third-order valence-electron chi connectivity index (χ3n) is 12.9. The first-order valence-electron chi connectivity index (χ1n) is 29.0. The summed E-state index contributed by atoms with van der Waals surface area (Å²) in [6.07, 6.45) is 65.6. The van der Waals surface area contributed by atoms with Gasteiger partial charge in [0.05, 0.1) is 0 Å². The van der Waals surface area contributed by atoms with Crippen LogP contribution in [0.2, 0.25) is 0 Å². The van der Waals surface area contributed by atoms with Crippen LogP contribution in [-0.4, -0.2) is 37.2 Å². The van der Waals surface area contributed by atoms with Gasteiger partial charge in [0.2, 0.25) is 0 Å². The minimum absolute atomic E-state index is 0.0755. The van der Waals surface area contributed by atoms with Gasteiger partial charge in [-0.25, -0.2) is 0 Å². The quantitative estimate of drug-likeness (QED) is 0.0262. The molecule has 0 spiro atoms. The molecule has 0 aromatic rings. The number of carbonyl (C=O) groups excluding carboxylic acids is 3. The molecule has 6 nitrogen and oxygen atoms in total. The zero-order chi connectivity index (χ0) is 47.9. The normalized spacial score (nSPS) is 12.2. The molecule has 0 fully saturated rings. The largest absolute Gasteiger partial charge is 0.462 e. The molecule has 0 aromatic heterocycles. The lowest BCUT2D eigenvalue weighted by Gasteiger charge is -2.18. The SMILES string of the molecule is CC/C=C\C/C=C\CCCCCCCCCC(=O)OCC(COC(=O)CCCCCCC/C=C\CCCCCCCCCCC)OC(=O)CCCCCCCCCCCCCCCCCC. The molecule has 0 aliphatic carbocycles. The highest BCUT2D eigenvalue weighted by Gasteiger charge is 2.19. The van der Waals surface area contributed by atoms with Crippen LogP contribution in [0.3, 0.4) is 0 Å². The van der Waals surface area contributed by atoms with Crippen molar-refractivity contribution in [1.82, 2.24) is 0 Å². The molecule has 0 radical (unpaired) electrons. The maximum Gasteiger partial charge on any atom is 0.306 e. The summed E-state index contributed by atoms with van der Waals surface area (Å²) in [5.74, 6) is -0.873. The number of allylic oxidation sites excluding steroid dienone is 6. The van der Waals surface area contributed by atoms with Crippen LogP contribution in [0.25, 0.3) is 0 Å². The molecule has 0 heterocycles. The molecule has 0 aliphatic heterocycles. The average Bonchev–Trinajstić information content (AvgIpc) is 3.31. The van der Waals surface area contributed by atoms with Crippen molar-refractivity contribution in [2.24, 2.45) is 0 Å². The molecule has 0 N–H and O–H groups in total. The molecule has 66 heavy (non-hydrogen) atoms. The highest BCUT2D eigenvalue weighted by molar-refractivity contribution is 5.71. The Morgan fingerprint density at radius 1 is 0.318 bits per heavy atom. The highest BCUT2D eigenvalue weighted by atomic mass is 16.6. The number of carbonyl (C=O) groups is 3. The molecule has 0 rings (SSSR count). The molecular weight excluding hydrogens is 817 g/mol. The van der Waals surface area contributed by atoms with E-state index in [0.717, 1.165) is 83.5 Å². The lowest BCUT2D eigenvalue weighted by atomic mass is 10.0. The fourth-order valence-electron chi connectivity index (χ4n) is 8.54. The van der Waals surface area contributed by atoms with Crippen LogP contribution in [0, 0.1) is 0 Å². The predicted octanol–water partition coefficient (Wildman–Crippen LogP) is 19.3. The van der Waals surface area contributed by atoms with Crippen LogP contribution in [0.5, 0.6) is 0 Å². The number of hydrogen-bond donors (Lipinski definition) is 0. The van der Waals surface area contributed by atoms with Crippen molar-refractivity contribution in [2.45, 2.75) is 316 Å². The van der Waals surface area contributed by atoms with Crippen LogP contribution in [0.1, 0.15) is 310 Å². The van der Waals surface area contributed by atoms with Gasteiger partial charge < -0.3 is 14.2 Å². The Kier molecular flexibility index (Phi) is 53.2. The summed E-state index contributed by atoms with van der Waals surface area (Å²) < 4.78 is 16.9. The Bertz CT molecular complexity index is 1110. The number of rotatable bonds is 53. The molecule has 386 valence electrons. The zero-order valence-electron chi connectivity index (χ0n) is 44.2. The van der Waals surface area contributed by atoms with E-state index in [1.165, 1.54) is 186 Å². The Hall–Kier alpha value is -2.37. The van der Waals surface area contributed by atoms with Crippen molar-refractivity contribution in [3.8, 4) is 0 Å². The van der Waals surface area contributed by atoms with Crippen molar-refractivity contribution in [1.29, 1.82) is 0 Å². The summed E-state index contributed by atoms with van der Waals surface area (Å²) in [6.45, 7) is 6.56. The van der Waals surface area contributed by atoms with E-state index in [-0.39, 0.29) is 31.1 Å². The van der Waals surface area contributed by atoms with Gasteiger partial charge in [-0.3, -0.25) is 14.4 Å². The van der Waals surface area contributed by atoms with Crippen LogP contribution < -0.4 is 0 Å². The molecule has 0 saturated heterocycles. The number of ether oxygens (including phenoxy) is 3. The van der Waals surface area contributed by atoms with E-state index < -0.39 is 6.10 Å². The average molecular weight is 928 g/mol.